The SMILES string of the molecule is CC(c1cccc(N)c1)N(C)Cc1cn2ccsc2n1. The molecule has 0 spiro atoms. The molecule has 0 saturated carbocycles. The Morgan fingerprint density at radius 3 is 3.05 bits per heavy atom. The van der Waals surface area contributed by atoms with Gasteiger partial charge in [-0.3, -0.25) is 9.30 Å². The molecule has 1 aromatic carbocycles. The molecular weight excluding hydrogens is 268 g/mol. The van der Waals surface area contributed by atoms with Crippen molar-refractivity contribution in [3.8, 4) is 0 Å². The summed E-state index contributed by atoms with van der Waals surface area (Å²) in [7, 11) is 2.11. The van der Waals surface area contributed by atoms with Crippen LogP contribution in [0.1, 0.15) is 24.2 Å². The molecule has 3 aromatic rings. The molecule has 0 bridgehead atoms. The molecule has 0 saturated heterocycles. The Morgan fingerprint density at radius 2 is 2.30 bits per heavy atom. The van der Waals surface area contributed by atoms with Crippen LogP contribution in [0.2, 0.25) is 0 Å². The van der Waals surface area contributed by atoms with Crippen LogP contribution in [-0.2, 0) is 6.54 Å². The molecule has 2 heterocycles. The maximum atomic E-state index is 5.85. The topological polar surface area (TPSA) is 46.6 Å². The van der Waals surface area contributed by atoms with Crippen LogP contribution < -0.4 is 5.73 Å². The van der Waals surface area contributed by atoms with Crippen LogP contribution in [-0.4, -0.2) is 21.3 Å². The summed E-state index contributed by atoms with van der Waals surface area (Å²) in [6, 6.07) is 8.37. The number of nitrogen functional groups attached to an aromatic ring is 1. The van der Waals surface area contributed by atoms with Crippen molar-refractivity contribution in [1.29, 1.82) is 0 Å². The molecule has 5 heteroatoms. The average Bonchev–Trinajstić information content (AvgIpc) is 2.98. The van der Waals surface area contributed by atoms with E-state index in [1.807, 2.05) is 29.8 Å². The van der Waals surface area contributed by atoms with Crippen molar-refractivity contribution in [2.75, 3.05) is 12.8 Å². The standard InChI is InChI=1S/C15H18N4S/c1-11(12-4-3-5-13(16)8-12)18(2)9-14-10-19-6-7-20-15(19)17-14/h3-8,10-11H,9,16H2,1-2H3. The van der Waals surface area contributed by atoms with Crippen molar-refractivity contribution in [2.24, 2.45) is 0 Å². The van der Waals surface area contributed by atoms with Gasteiger partial charge >= 0.3 is 0 Å². The Labute approximate surface area is 122 Å². The first-order valence-electron chi connectivity index (χ1n) is 6.60. The maximum Gasteiger partial charge on any atom is 0.193 e. The molecule has 20 heavy (non-hydrogen) atoms. The van der Waals surface area contributed by atoms with Crippen LogP contribution >= 0.6 is 11.3 Å². The number of anilines is 1. The van der Waals surface area contributed by atoms with Gasteiger partial charge in [0.2, 0.25) is 0 Å². The van der Waals surface area contributed by atoms with Gasteiger partial charge in [-0.05, 0) is 31.7 Å². The van der Waals surface area contributed by atoms with Crippen LogP contribution in [0.25, 0.3) is 4.96 Å². The van der Waals surface area contributed by atoms with E-state index < -0.39 is 0 Å². The van der Waals surface area contributed by atoms with E-state index in [9.17, 15) is 0 Å². The van der Waals surface area contributed by atoms with Crippen molar-refractivity contribution in [3.05, 3.63) is 53.3 Å². The zero-order chi connectivity index (χ0) is 14.1. The van der Waals surface area contributed by atoms with E-state index in [2.05, 4.69) is 40.5 Å². The molecule has 104 valence electrons. The minimum Gasteiger partial charge on any atom is -0.399 e. The summed E-state index contributed by atoms with van der Waals surface area (Å²) in [6.07, 6.45) is 4.13. The summed E-state index contributed by atoms with van der Waals surface area (Å²) in [4.78, 5) is 7.95. The second kappa shape index (κ2) is 5.26. The van der Waals surface area contributed by atoms with Gasteiger partial charge in [-0.15, -0.1) is 11.3 Å². The lowest BCUT2D eigenvalue weighted by Crippen LogP contribution is -2.22. The van der Waals surface area contributed by atoms with E-state index in [4.69, 9.17) is 5.73 Å². The zero-order valence-electron chi connectivity index (χ0n) is 11.7. The second-order valence-corrected chi connectivity index (χ2v) is 5.96. The Bertz CT molecular complexity index is 687. The van der Waals surface area contributed by atoms with Crippen LogP contribution in [0.5, 0.6) is 0 Å². The van der Waals surface area contributed by atoms with Crippen LogP contribution in [0.3, 0.4) is 0 Å². The first kappa shape index (κ1) is 13.1. The summed E-state index contributed by atoms with van der Waals surface area (Å²) in [5.74, 6) is 0. The van der Waals surface area contributed by atoms with E-state index in [1.165, 1.54) is 5.56 Å². The van der Waals surface area contributed by atoms with Gasteiger partial charge in [-0.2, -0.15) is 0 Å². The normalized spacial score (nSPS) is 13.2. The summed E-state index contributed by atoms with van der Waals surface area (Å²) >= 11 is 1.66. The molecule has 0 aliphatic heterocycles. The summed E-state index contributed by atoms with van der Waals surface area (Å²) in [5, 5.41) is 2.05. The first-order chi connectivity index (χ1) is 9.63. The monoisotopic (exact) mass is 286 g/mol. The number of thiazole rings is 1. The second-order valence-electron chi connectivity index (χ2n) is 5.09. The van der Waals surface area contributed by atoms with E-state index in [0.29, 0.717) is 6.04 Å². The molecule has 3 rings (SSSR count). The number of imidazole rings is 1. The fraction of sp³-hybridized carbons (Fsp3) is 0.267. The van der Waals surface area contributed by atoms with Crippen molar-refractivity contribution in [2.45, 2.75) is 19.5 Å². The maximum absolute atomic E-state index is 5.85. The third-order valence-corrected chi connectivity index (χ3v) is 4.38. The molecule has 1 atom stereocenters. The van der Waals surface area contributed by atoms with Gasteiger partial charge in [0, 0.05) is 36.0 Å². The van der Waals surface area contributed by atoms with E-state index in [1.54, 1.807) is 11.3 Å². The Morgan fingerprint density at radius 1 is 1.45 bits per heavy atom. The molecule has 0 aliphatic rings. The summed E-state index contributed by atoms with van der Waals surface area (Å²) in [6.45, 7) is 3.01. The Balaban J connectivity index is 1.75. The van der Waals surface area contributed by atoms with Gasteiger partial charge in [0.05, 0.1) is 5.69 Å². The van der Waals surface area contributed by atoms with Crippen LogP contribution in [0, 0.1) is 0 Å². The van der Waals surface area contributed by atoms with Crippen molar-refractivity contribution < 1.29 is 0 Å². The third-order valence-electron chi connectivity index (χ3n) is 3.61. The number of benzene rings is 1. The average molecular weight is 286 g/mol. The number of nitrogens with two attached hydrogens (primary N) is 1. The molecule has 1 unspecified atom stereocenters. The molecular formula is C15H18N4S. The lowest BCUT2D eigenvalue weighted by Gasteiger charge is -2.24. The number of hydrogen-bond donors (Lipinski definition) is 1. The first-order valence-corrected chi connectivity index (χ1v) is 7.48. The zero-order valence-corrected chi connectivity index (χ0v) is 12.5. The molecule has 0 radical (unpaired) electrons. The molecule has 2 aromatic heterocycles. The fourth-order valence-electron chi connectivity index (χ4n) is 2.32. The number of rotatable bonds is 4. The van der Waals surface area contributed by atoms with Gasteiger partial charge in [0.25, 0.3) is 0 Å². The van der Waals surface area contributed by atoms with Gasteiger partial charge in [-0.1, -0.05) is 12.1 Å². The predicted octanol–water partition coefficient (Wildman–Crippen LogP) is 3.17. The summed E-state index contributed by atoms with van der Waals surface area (Å²) < 4.78 is 2.07. The third kappa shape index (κ3) is 2.55. The number of nitrogens with zero attached hydrogens (tertiary/aromatic N) is 3. The van der Waals surface area contributed by atoms with Gasteiger partial charge in [-0.25, -0.2) is 4.98 Å². The number of fused-ring (bicyclic) bond motifs is 1. The number of hydrogen-bond acceptors (Lipinski definition) is 4. The summed E-state index contributed by atoms with van der Waals surface area (Å²) in [5.41, 5.74) is 8.99. The quantitative estimate of drug-likeness (QED) is 0.749. The fourth-order valence-corrected chi connectivity index (χ4v) is 3.04. The lowest BCUT2D eigenvalue weighted by atomic mass is 10.1. The predicted molar refractivity (Wildman–Crippen MR) is 83.8 cm³/mol. The van der Waals surface area contributed by atoms with Crippen molar-refractivity contribution in [3.63, 3.8) is 0 Å². The van der Waals surface area contributed by atoms with Crippen molar-refractivity contribution in [1.82, 2.24) is 14.3 Å². The molecule has 4 nitrogen and oxygen atoms in total. The van der Waals surface area contributed by atoms with E-state index in [-0.39, 0.29) is 0 Å². The highest BCUT2D eigenvalue weighted by Crippen LogP contribution is 2.22. The molecule has 0 fully saturated rings. The minimum atomic E-state index is 0.304. The van der Waals surface area contributed by atoms with Crippen molar-refractivity contribution >= 4 is 22.0 Å². The lowest BCUT2D eigenvalue weighted by molar-refractivity contribution is 0.250. The molecule has 0 amide bonds. The van der Waals surface area contributed by atoms with Gasteiger partial charge in [0.1, 0.15) is 0 Å². The minimum absolute atomic E-state index is 0.304. The highest BCUT2D eigenvalue weighted by Gasteiger charge is 2.14. The number of aromatic nitrogens is 2. The van der Waals surface area contributed by atoms with Gasteiger partial charge in [0.15, 0.2) is 4.96 Å². The molecule has 0 aliphatic carbocycles. The van der Waals surface area contributed by atoms with E-state index in [0.717, 1.165) is 22.9 Å². The van der Waals surface area contributed by atoms with Crippen LogP contribution in [0.15, 0.2) is 42.0 Å². The largest absolute Gasteiger partial charge is 0.399 e. The van der Waals surface area contributed by atoms with E-state index >= 15 is 0 Å². The van der Waals surface area contributed by atoms with Crippen LogP contribution in [0.4, 0.5) is 5.69 Å². The Kier molecular flexibility index (Phi) is 3.46. The smallest absolute Gasteiger partial charge is 0.193 e. The highest BCUT2D eigenvalue weighted by molar-refractivity contribution is 7.15. The molecule has 2 N–H and O–H groups in total. The van der Waals surface area contributed by atoms with Gasteiger partial charge < -0.3 is 5.73 Å². The Hall–Kier alpha value is -1.85. The highest BCUT2D eigenvalue weighted by atomic mass is 32.1.